The zero-order chi connectivity index (χ0) is 14.4. The van der Waals surface area contributed by atoms with Gasteiger partial charge in [0, 0.05) is 42.3 Å². The first-order valence-corrected chi connectivity index (χ1v) is 7.99. The van der Waals surface area contributed by atoms with E-state index in [0.717, 1.165) is 36.1 Å². The van der Waals surface area contributed by atoms with Gasteiger partial charge in [-0.15, -0.1) is 0 Å². The highest BCUT2D eigenvalue weighted by atomic mass is 79.9. The summed E-state index contributed by atoms with van der Waals surface area (Å²) in [5.41, 5.74) is 6.78. The molecule has 2 rings (SSSR count). The molecule has 3 N–H and O–H groups in total. The summed E-state index contributed by atoms with van der Waals surface area (Å²) in [6.45, 7) is 2.23. The number of carbonyl (C=O) groups is 1. The van der Waals surface area contributed by atoms with Crippen molar-refractivity contribution < 1.29 is 4.79 Å². The third-order valence-electron chi connectivity index (χ3n) is 3.65. The van der Waals surface area contributed by atoms with Crippen LogP contribution in [0, 0.1) is 0 Å². The molecule has 1 unspecified atom stereocenters. The largest absolute Gasteiger partial charge is 0.380 e. The van der Waals surface area contributed by atoms with Gasteiger partial charge in [0.05, 0.1) is 0 Å². The number of anilines is 1. The molecule has 1 atom stereocenters. The Bertz CT molecular complexity index is 446. The monoisotopic (exact) mass is 339 g/mol. The highest BCUT2D eigenvalue weighted by Crippen LogP contribution is 2.22. The van der Waals surface area contributed by atoms with E-state index in [4.69, 9.17) is 5.73 Å². The van der Waals surface area contributed by atoms with Gasteiger partial charge in [-0.3, -0.25) is 4.79 Å². The third-order valence-corrected chi connectivity index (χ3v) is 4.34. The molecule has 5 heteroatoms. The lowest BCUT2D eigenvalue weighted by Crippen LogP contribution is -2.40. The van der Waals surface area contributed by atoms with E-state index in [-0.39, 0.29) is 11.9 Å². The van der Waals surface area contributed by atoms with Crippen LogP contribution in [-0.4, -0.2) is 36.5 Å². The van der Waals surface area contributed by atoms with Crippen molar-refractivity contribution in [3.63, 3.8) is 0 Å². The number of amides is 1. The lowest BCUT2D eigenvalue weighted by molar-refractivity contribution is -0.132. The molecule has 0 saturated carbocycles. The number of nitrogens with zero attached hydrogens (tertiary/aromatic N) is 1. The number of hydrogen-bond donors (Lipinski definition) is 2. The van der Waals surface area contributed by atoms with Gasteiger partial charge in [0.2, 0.25) is 5.91 Å². The van der Waals surface area contributed by atoms with Crippen molar-refractivity contribution in [2.75, 3.05) is 25.0 Å². The molecule has 0 bridgehead atoms. The number of rotatable bonds is 5. The number of nitrogens with one attached hydrogen (secondary N) is 1. The first kappa shape index (κ1) is 15.3. The molecule has 1 aromatic rings. The molecule has 1 fully saturated rings. The predicted octanol–water partition coefficient (Wildman–Crippen LogP) is 2.59. The number of piperidine rings is 1. The second-order valence-electron chi connectivity index (χ2n) is 5.20. The molecule has 1 aromatic carbocycles. The number of likely N-dealkylation sites (tertiary alicyclic amines) is 1. The van der Waals surface area contributed by atoms with Gasteiger partial charge in [0.25, 0.3) is 0 Å². The minimum absolute atomic E-state index is 0.0249. The molecule has 0 spiro atoms. The van der Waals surface area contributed by atoms with E-state index >= 15 is 0 Å². The molecule has 1 aliphatic rings. The maximum atomic E-state index is 12.3. The molecule has 0 aromatic heterocycles. The van der Waals surface area contributed by atoms with Crippen LogP contribution in [0.1, 0.15) is 25.7 Å². The Labute approximate surface area is 128 Å². The van der Waals surface area contributed by atoms with Crippen LogP contribution in [0.4, 0.5) is 5.69 Å². The Balaban J connectivity index is 1.91. The van der Waals surface area contributed by atoms with Crippen molar-refractivity contribution in [2.24, 2.45) is 5.73 Å². The van der Waals surface area contributed by atoms with Gasteiger partial charge in [-0.05, 0) is 47.3 Å². The van der Waals surface area contributed by atoms with Crippen LogP contribution in [-0.2, 0) is 4.79 Å². The normalized spacial score (nSPS) is 16.8. The van der Waals surface area contributed by atoms with Gasteiger partial charge in [-0.25, -0.2) is 0 Å². The number of halogens is 1. The van der Waals surface area contributed by atoms with E-state index in [1.807, 2.05) is 29.2 Å². The topological polar surface area (TPSA) is 58.4 Å². The molecular weight excluding hydrogens is 318 g/mol. The second-order valence-corrected chi connectivity index (χ2v) is 6.06. The van der Waals surface area contributed by atoms with E-state index in [1.165, 1.54) is 6.42 Å². The Hall–Kier alpha value is -1.07. The van der Waals surface area contributed by atoms with E-state index in [9.17, 15) is 4.79 Å². The average Bonchev–Trinajstić information content (AvgIpc) is 2.49. The maximum Gasteiger partial charge on any atom is 0.224 e. The van der Waals surface area contributed by atoms with Gasteiger partial charge in [-0.1, -0.05) is 12.1 Å². The average molecular weight is 340 g/mol. The zero-order valence-electron chi connectivity index (χ0n) is 11.6. The van der Waals surface area contributed by atoms with Crippen LogP contribution in [0.15, 0.2) is 28.7 Å². The number of carbonyl (C=O) groups excluding carboxylic acids is 1. The minimum atomic E-state index is -0.0249. The van der Waals surface area contributed by atoms with E-state index in [1.54, 1.807) is 0 Å². The minimum Gasteiger partial charge on any atom is -0.380 e. The molecule has 110 valence electrons. The zero-order valence-corrected chi connectivity index (χ0v) is 13.2. The van der Waals surface area contributed by atoms with Gasteiger partial charge in [0.15, 0.2) is 0 Å². The fourth-order valence-corrected chi connectivity index (χ4v) is 2.87. The molecule has 1 amide bonds. The summed E-state index contributed by atoms with van der Waals surface area (Å²) in [5.74, 6) is 0.208. The first-order chi connectivity index (χ1) is 9.70. The molecule has 1 saturated heterocycles. The van der Waals surface area contributed by atoms with Crippen LogP contribution in [0.25, 0.3) is 0 Å². The van der Waals surface area contributed by atoms with Gasteiger partial charge >= 0.3 is 0 Å². The quantitative estimate of drug-likeness (QED) is 0.866. The number of benzene rings is 1. The molecule has 1 aliphatic heterocycles. The van der Waals surface area contributed by atoms with Crippen molar-refractivity contribution in [1.29, 1.82) is 0 Å². The fraction of sp³-hybridized carbons (Fsp3) is 0.533. The molecule has 4 nitrogen and oxygen atoms in total. The van der Waals surface area contributed by atoms with Crippen LogP contribution < -0.4 is 11.1 Å². The summed E-state index contributed by atoms with van der Waals surface area (Å²) in [4.78, 5) is 14.2. The summed E-state index contributed by atoms with van der Waals surface area (Å²) < 4.78 is 0.990. The number of hydrogen-bond acceptors (Lipinski definition) is 3. The smallest absolute Gasteiger partial charge is 0.224 e. The number of nitrogens with two attached hydrogens (primary N) is 1. The summed E-state index contributed by atoms with van der Waals surface area (Å²) in [7, 11) is 0. The Morgan fingerprint density at radius 2 is 2.00 bits per heavy atom. The fourth-order valence-electron chi connectivity index (χ4n) is 2.47. The van der Waals surface area contributed by atoms with E-state index < -0.39 is 0 Å². The van der Waals surface area contributed by atoms with Crippen LogP contribution in [0.5, 0.6) is 0 Å². The highest BCUT2D eigenvalue weighted by molar-refractivity contribution is 9.10. The first-order valence-electron chi connectivity index (χ1n) is 7.19. The summed E-state index contributed by atoms with van der Waals surface area (Å²) >= 11 is 3.50. The van der Waals surface area contributed by atoms with Crippen molar-refractivity contribution in [2.45, 2.75) is 31.7 Å². The number of para-hydroxylation sites is 1. The molecule has 0 radical (unpaired) electrons. The van der Waals surface area contributed by atoms with Gasteiger partial charge < -0.3 is 16.0 Å². The second kappa shape index (κ2) is 7.64. The van der Waals surface area contributed by atoms with Crippen molar-refractivity contribution in [3.05, 3.63) is 28.7 Å². The molecule has 0 aliphatic carbocycles. The summed E-state index contributed by atoms with van der Waals surface area (Å²) in [6.07, 6.45) is 3.94. The molecule has 1 heterocycles. The molecular formula is C15H22BrN3O. The predicted molar refractivity (Wildman–Crippen MR) is 85.7 cm³/mol. The van der Waals surface area contributed by atoms with Crippen LogP contribution >= 0.6 is 15.9 Å². The summed E-state index contributed by atoms with van der Waals surface area (Å²) in [5, 5.41) is 3.35. The van der Waals surface area contributed by atoms with Crippen molar-refractivity contribution in [3.8, 4) is 0 Å². The van der Waals surface area contributed by atoms with Gasteiger partial charge in [0.1, 0.15) is 0 Å². The summed E-state index contributed by atoms with van der Waals surface area (Å²) in [6, 6.07) is 7.86. The van der Waals surface area contributed by atoms with Crippen molar-refractivity contribution in [1.82, 2.24) is 4.90 Å². The lowest BCUT2D eigenvalue weighted by Gasteiger charge is -2.28. The van der Waals surface area contributed by atoms with E-state index in [0.29, 0.717) is 13.0 Å². The molecule has 20 heavy (non-hydrogen) atoms. The Morgan fingerprint density at radius 3 is 2.65 bits per heavy atom. The van der Waals surface area contributed by atoms with Crippen LogP contribution in [0.2, 0.25) is 0 Å². The Kier molecular flexibility index (Phi) is 5.86. The Morgan fingerprint density at radius 1 is 1.30 bits per heavy atom. The van der Waals surface area contributed by atoms with E-state index in [2.05, 4.69) is 21.2 Å². The standard InChI is InChI=1S/C15H22BrN3O/c16-13-6-2-3-7-14(13)18-12(11-17)10-15(20)19-8-4-1-5-9-19/h2-3,6-7,12,18H,1,4-5,8-11,17H2. The highest BCUT2D eigenvalue weighted by Gasteiger charge is 2.20. The maximum absolute atomic E-state index is 12.3. The SMILES string of the molecule is NCC(CC(=O)N1CCCCC1)Nc1ccccc1Br. The van der Waals surface area contributed by atoms with Crippen LogP contribution in [0.3, 0.4) is 0 Å². The lowest BCUT2D eigenvalue weighted by atomic mass is 10.1. The third kappa shape index (κ3) is 4.21. The van der Waals surface area contributed by atoms with Crippen molar-refractivity contribution >= 4 is 27.5 Å². The van der Waals surface area contributed by atoms with Gasteiger partial charge in [-0.2, -0.15) is 0 Å².